The molecule has 0 bridgehead atoms. The van der Waals surface area contributed by atoms with Crippen molar-refractivity contribution in [3.63, 3.8) is 0 Å². The second-order valence-corrected chi connectivity index (χ2v) is 8.51. The van der Waals surface area contributed by atoms with Gasteiger partial charge >= 0.3 is 5.76 Å². The zero-order valence-corrected chi connectivity index (χ0v) is 19.6. The minimum Gasteiger partial charge on any atom is -0.485 e. The van der Waals surface area contributed by atoms with E-state index in [4.69, 9.17) is 31.2 Å². The first-order valence-electron chi connectivity index (χ1n) is 10.8. The molecule has 10 heteroatoms. The fraction of sp³-hybridized carbons (Fsp3) is 0.391. The molecule has 2 aliphatic rings. The van der Waals surface area contributed by atoms with E-state index in [0.29, 0.717) is 41.0 Å². The van der Waals surface area contributed by atoms with Gasteiger partial charge in [-0.25, -0.2) is 4.79 Å². The summed E-state index contributed by atoms with van der Waals surface area (Å²) in [6.45, 7) is 3.56. The van der Waals surface area contributed by atoms with Gasteiger partial charge in [0, 0.05) is 19.6 Å². The van der Waals surface area contributed by atoms with Crippen LogP contribution in [-0.4, -0.2) is 47.5 Å². The number of hydrogen-bond donors (Lipinski definition) is 1. The zero-order chi connectivity index (χ0) is 22.1. The lowest BCUT2D eigenvalue weighted by Crippen LogP contribution is -2.38. The standard InChI is InChI=1S/C23H25ClN4O4.ClH/c24-18-14-17(20-21(19(18)25)31-13-12-30-20)22-26-28(23(29)32-22)16-7-10-27(11-8-16)9-6-15-4-2-1-3-5-15;/h1-5,14,16H,6-13,25H2;1H. The van der Waals surface area contributed by atoms with Gasteiger partial charge in [-0.1, -0.05) is 41.9 Å². The maximum absolute atomic E-state index is 12.6. The fourth-order valence-electron chi connectivity index (χ4n) is 4.30. The quantitative estimate of drug-likeness (QED) is 0.540. The highest BCUT2D eigenvalue weighted by Gasteiger charge is 2.28. The van der Waals surface area contributed by atoms with Crippen molar-refractivity contribution in [1.29, 1.82) is 0 Å². The second kappa shape index (κ2) is 10.1. The number of halogens is 2. The minimum atomic E-state index is -0.485. The number of hydrogen-bond acceptors (Lipinski definition) is 7. The molecule has 1 fully saturated rings. The topological polar surface area (TPSA) is 95.8 Å². The van der Waals surface area contributed by atoms with Gasteiger partial charge in [0.2, 0.25) is 0 Å². The molecule has 0 atom stereocenters. The van der Waals surface area contributed by atoms with E-state index >= 15 is 0 Å². The number of nitrogens with two attached hydrogens (primary N) is 1. The average molecular weight is 493 g/mol. The summed E-state index contributed by atoms with van der Waals surface area (Å²) in [4.78, 5) is 15.0. The summed E-state index contributed by atoms with van der Waals surface area (Å²) >= 11 is 6.27. The Morgan fingerprint density at radius 3 is 2.52 bits per heavy atom. The Bertz CT molecular complexity index is 1160. The third-order valence-corrected chi connectivity index (χ3v) is 6.38. The normalized spacial score (nSPS) is 16.4. The summed E-state index contributed by atoms with van der Waals surface area (Å²) in [6, 6.07) is 12.1. The molecule has 1 saturated heterocycles. The van der Waals surface area contributed by atoms with Crippen LogP contribution < -0.4 is 21.0 Å². The van der Waals surface area contributed by atoms with Crippen molar-refractivity contribution in [2.45, 2.75) is 25.3 Å². The highest BCUT2D eigenvalue weighted by molar-refractivity contribution is 6.34. The first-order valence-corrected chi connectivity index (χ1v) is 11.2. The molecule has 0 amide bonds. The summed E-state index contributed by atoms with van der Waals surface area (Å²) in [5.41, 5.74) is 8.12. The van der Waals surface area contributed by atoms with Gasteiger partial charge in [-0.05, 0) is 30.9 Å². The SMILES string of the molecule is Cl.Nc1c(Cl)cc(-c2nn(C3CCN(CCc4ccccc4)CC3)c(=O)o2)c2c1OCCO2. The third-order valence-electron chi connectivity index (χ3n) is 6.06. The molecule has 176 valence electrons. The van der Waals surface area contributed by atoms with Gasteiger partial charge in [0.25, 0.3) is 5.89 Å². The zero-order valence-electron chi connectivity index (χ0n) is 18.0. The molecule has 0 unspecified atom stereocenters. The Morgan fingerprint density at radius 1 is 1.09 bits per heavy atom. The number of anilines is 1. The highest BCUT2D eigenvalue weighted by Crippen LogP contribution is 2.46. The molecular weight excluding hydrogens is 467 g/mol. The first kappa shape index (κ1) is 23.5. The largest absolute Gasteiger partial charge is 0.485 e. The summed E-state index contributed by atoms with van der Waals surface area (Å²) in [6.07, 6.45) is 2.69. The molecule has 3 heterocycles. The lowest BCUT2D eigenvalue weighted by Gasteiger charge is -2.31. The van der Waals surface area contributed by atoms with Crippen LogP contribution in [-0.2, 0) is 6.42 Å². The Balaban J connectivity index is 0.00000259. The molecule has 0 saturated carbocycles. The van der Waals surface area contributed by atoms with Crippen LogP contribution in [0, 0.1) is 0 Å². The van der Waals surface area contributed by atoms with Crippen LogP contribution in [0.4, 0.5) is 5.69 Å². The number of aromatic nitrogens is 2. The number of ether oxygens (including phenoxy) is 2. The molecule has 0 spiro atoms. The maximum Gasteiger partial charge on any atom is 0.437 e. The number of benzene rings is 2. The van der Waals surface area contributed by atoms with Gasteiger partial charge in [0.05, 0.1) is 22.3 Å². The monoisotopic (exact) mass is 492 g/mol. The molecule has 2 aromatic carbocycles. The van der Waals surface area contributed by atoms with Crippen molar-refractivity contribution in [2.24, 2.45) is 0 Å². The number of piperidine rings is 1. The number of nitrogen functional groups attached to an aromatic ring is 1. The smallest absolute Gasteiger partial charge is 0.437 e. The lowest BCUT2D eigenvalue weighted by molar-refractivity contribution is 0.173. The van der Waals surface area contributed by atoms with E-state index in [1.54, 1.807) is 6.07 Å². The predicted octanol–water partition coefficient (Wildman–Crippen LogP) is 3.81. The lowest BCUT2D eigenvalue weighted by atomic mass is 10.0. The summed E-state index contributed by atoms with van der Waals surface area (Å²) in [5, 5.41) is 4.78. The predicted molar refractivity (Wildman–Crippen MR) is 129 cm³/mol. The van der Waals surface area contributed by atoms with E-state index in [-0.39, 0.29) is 24.3 Å². The van der Waals surface area contributed by atoms with Crippen molar-refractivity contribution in [3.05, 3.63) is 57.5 Å². The molecule has 0 radical (unpaired) electrons. The van der Waals surface area contributed by atoms with Crippen molar-refractivity contribution < 1.29 is 13.9 Å². The summed E-state index contributed by atoms with van der Waals surface area (Å²) in [5.74, 6) is 0.441. The van der Waals surface area contributed by atoms with Crippen LogP contribution in [0.3, 0.4) is 0 Å². The molecule has 0 aliphatic carbocycles. The Labute approximate surface area is 202 Å². The fourth-order valence-corrected chi connectivity index (χ4v) is 4.50. The van der Waals surface area contributed by atoms with Gasteiger partial charge in [-0.3, -0.25) is 0 Å². The van der Waals surface area contributed by atoms with Gasteiger partial charge < -0.3 is 24.5 Å². The average Bonchev–Trinajstić information content (AvgIpc) is 3.22. The molecule has 1 aromatic heterocycles. The van der Waals surface area contributed by atoms with Crippen molar-refractivity contribution in [3.8, 4) is 23.0 Å². The molecule has 33 heavy (non-hydrogen) atoms. The van der Waals surface area contributed by atoms with Crippen molar-refractivity contribution in [2.75, 3.05) is 38.6 Å². The Hall–Kier alpha value is -2.68. The van der Waals surface area contributed by atoms with Gasteiger partial charge in [-0.2, -0.15) is 4.68 Å². The van der Waals surface area contributed by atoms with Crippen LogP contribution in [0.25, 0.3) is 11.5 Å². The first-order chi connectivity index (χ1) is 15.6. The van der Waals surface area contributed by atoms with Crippen LogP contribution in [0.5, 0.6) is 11.5 Å². The highest BCUT2D eigenvalue weighted by atomic mass is 35.5. The second-order valence-electron chi connectivity index (χ2n) is 8.10. The van der Waals surface area contributed by atoms with E-state index in [2.05, 4.69) is 34.3 Å². The van der Waals surface area contributed by atoms with E-state index in [1.807, 2.05) is 6.07 Å². The van der Waals surface area contributed by atoms with Gasteiger partial charge in [0.15, 0.2) is 11.5 Å². The van der Waals surface area contributed by atoms with Crippen LogP contribution in [0.1, 0.15) is 24.4 Å². The number of likely N-dealkylation sites (tertiary alicyclic amines) is 1. The van der Waals surface area contributed by atoms with Crippen LogP contribution >= 0.6 is 24.0 Å². The van der Waals surface area contributed by atoms with Gasteiger partial charge in [-0.15, -0.1) is 17.5 Å². The third kappa shape index (κ3) is 4.83. The van der Waals surface area contributed by atoms with E-state index in [0.717, 1.165) is 38.9 Å². The number of fused-ring (bicyclic) bond motifs is 1. The summed E-state index contributed by atoms with van der Waals surface area (Å²) in [7, 11) is 0. The van der Waals surface area contributed by atoms with E-state index < -0.39 is 5.76 Å². The molecular formula is C23H26Cl2N4O4. The molecule has 5 rings (SSSR count). The van der Waals surface area contributed by atoms with Crippen LogP contribution in [0.15, 0.2) is 45.6 Å². The molecule has 8 nitrogen and oxygen atoms in total. The maximum atomic E-state index is 12.6. The van der Waals surface area contributed by atoms with Gasteiger partial charge in [0.1, 0.15) is 13.2 Å². The Morgan fingerprint density at radius 2 is 1.79 bits per heavy atom. The minimum absolute atomic E-state index is 0. The molecule has 2 aliphatic heterocycles. The Kier molecular flexibility index (Phi) is 7.17. The van der Waals surface area contributed by atoms with E-state index in [1.165, 1.54) is 10.2 Å². The van der Waals surface area contributed by atoms with Crippen molar-refractivity contribution in [1.82, 2.24) is 14.7 Å². The molecule has 3 aromatic rings. The van der Waals surface area contributed by atoms with Crippen LogP contribution in [0.2, 0.25) is 5.02 Å². The summed E-state index contributed by atoms with van der Waals surface area (Å²) < 4.78 is 18.3. The van der Waals surface area contributed by atoms with Crippen molar-refractivity contribution >= 4 is 29.7 Å². The van der Waals surface area contributed by atoms with E-state index in [9.17, 15) is 4.79 Å². The number of nitrogens with zero attached hydrogens (tertiary/aromatic N) is 3. The number of rotatable bonds is 5. The molecule has 2 N–H and O–H groups in total.